The van der Waals surface area contributed by atoms with E-state index in [9.17, 15) is 15.0 Å². The minimum absolute atomic E-state index is 0.208. The molecule has 0 radical (unpaired) electrons. The van der Waals surface area contributed by atoms with Crippen LogP contribution in [0.25, 0.3) is 0 Å². The molecule has 0 aromatic rings. The Morgan fingerprint density at radius 2 is 1.86 bits per heavy atom. The first-order valence-electron chi connectivity index (χ1n) is 10.7. The van der Waals surface area contributed by atoms with E-state index in [0.717, 1.165) is 36.0 Å². The third kappa shape index (κ3) is 9.14. The highest BCUT2D eigenvalue weighted by molar-refractivity contribution is 5.73. The molecule has 0 aliphatic heterocycles. The van der Waals surface area contributed by atoms with Gasteiger partial charge in [0.25, 0.3) is 0 Å². The molecule has 0 heterocycles. The van der Waals surface area contributed by atoms with Crippen LogP contribution in [-0.4, -0.2) is 34.5 Å². The van der Waals surface area contributed by atoms with Crippen LogP contribution in [-0.2, 0) is 9.53 Å². The zero-order chi connectivity index (χ0) is 22.1. The van der Waals surface area contributed by atoms with Crippen molar-refractivity contribution >= 4 is 5.97 Å². The van der Waals surface area contributed by atoms with E-state index in [-0.39, 0.29) is 5.92 Å². The summed E-state index contributed by atoms with van der Waals surface area (Å²) < 4.78 is 5.70. The highest BCUT2D eigenvalue weighted by Crippen LogP contribution is 2.26. The van der Waals surface area contributed by atoms with E-state index >= 15 is 0 Å². The van der Waals surface area contributed by atoms with Crippen LogP contribution in [0.15, 0.2) is 47.1 Å². The number of carbonyl (C=O) groups is 1. The Kier molecular flexibility index (Phi) is 10.6. The van der Waals surface area contributed by atoms with Crippen LogP contribution < -0.4 is 0 Å². The monoisotopic (exact) mass is 404 g/mol. The van der Waals surface area contributed by atoms with Crippen LogP contribution in [0, 0.1) is 11.8 Å². The third-order valence-corrected chi connectivity index (χ3v) is 5.85. The van der Waals surface area contributed by atoms with E-state index in [0.29, 0.717) is 12.8 Å². The number of rotatable bonds is 4. The van der Waals surface area contributed by atoms with Gasteiger partial charge in [-0.2, -0.15) is 0 Å². The summed E-state index contributed by atoms with van der Waals surface area (Å²) in [6.07, 6.45) is 8.46. The number of aliphatic hydroxyl groups excluding tert-OH is 2. The molecule has 0 aromatic heterocycles. The Morgan fingerprint density at radius 3 is 2.45 bits per heavy atom. The lowest BCUT2D eigenvalue weighted by atomic mass is 9.88. The van der Waals surface area contributed by atoms with Crippen molar-refractivity contribution in [3.05, 3.63) is 47.1 Å². The number of hydrogen-bond donors (Lipinski definition) is 2. The summed E-state index contributed by atoms with van der Waals surface area (Å²) in [7, 11) is 0. The molecule has 1 rings (SSSR count). The molecule has 1 aliphatic rings. The highest BCUT2D eigenvalue weighted by atomic mass is 16.5. The summed E-state index contributed by atoms with van der Waals surface area (Å²) in [4.78, 5) is 12.4. The first-order chi connectivity index (χ1) is 13.5. The van der Waals surface area contributed by atoms with E-state index in [1.807, 2.05) is 26.8 Å². The number of esters is 1. The standard InChI is InChI=1S/C25H40O4/c1-16(2)22-12-11-17(3)9-8-10-18(4)13-23(14-19(5)24(27)15-22)29-25(28)20(6)21(7)26/h10-11,14,20-24,26-27H,1,8-9,12-13,15H2,2-7H3/b17-11+,18-10+,19-14+/t20-,21+,22+,23-,24+/m1/s1. The summed E-state index contributed by atoms with van der Waals surface area (Å²) in [5.74, 6) is -0.803. The van der Waals surface area contributed by atoms with Crippen molar-refractivity contribution in [3.63, 3.8) is 0 Å². The van der Waals surface area contributed by atoms with Crippen LogP contribution in [0.5, 0.6) is 0 Å². The quantitative estimate of drug-likeness (QED) is 0.495. The Balaban J connectivity index is 3.14. The number of ether oxygens (including phenoxy) is 1. The van der Waals surface area contributed by atoms with Gasteiger partial charge in [-0.1, -0.05) is 35.5 Å². The predicted octanol–water partition coefficient (Wildman–Crippen LogP) is 5.27. The molecule has 5 atom stereocenters. The summed E-state index contributed by atoms with van der Waals surface area (Å²) in [6, 6.07) is 0. The van der Waals surface area contributed by atoms with Gasteiger partial charge in [0.1, 0.15) is 6.10 Å². The molecule has 4 nitrogen and oxygen atoms in total. The molecule has 29 heavy (non-hydrogen) atoms. The first kappa shape index (κ1) is 25.4. The van der Waals surface area contributed by atoms with Gasteiger partial charge in [-0.25, -0.2) is 0 Å². The molecule has 0 aromatic carbocycles. The molecular weight excluding hydrogens is 364 g/mol. The summed E-state index contributed by atoms with van der Waals surface area (Å²) in [5, 5.41) is 20.5. The maximum Gasteiger partial charge on any atom is 0.311 e. The van der Waals surface area contributed by atoms with Gasteiger partial charge in [0, 0.05) is 6.42 Å². The molecule has 0 spiro atoms. The minimum Gasteiger partial charge on any atom is -0.457 e. The maximum atomic E-state index is 12.4. The van der Waals surface area contributed by atoms with E-state index in [2.05, 4.69) is 25.7 Å². The molecule has 0 saturated carbocycles. The summed E-state index contributed by atoms with van der Waals surface area (Å²) in [5.41, 5.74) is 4.35. The second kappa shape index (κ2) is 12.1. The van der Waals surface area contributed by atoms with Crippen molar-refractivity contribution < 1.29 is 19.7 Å². The van der Waals surface area contributed by atoms with Gasteiger partial charge in [0.05, 0.1) is 18.1 Å². The lowest BCUT2D eigenvalue weighted by Gasteiger charge is -2.23. The molecule has 164 valence electrons. The van der Waals surface area contributed by atoms with Crippen molar-refractivity contribution in [2.45, 2.75) is 92.0 Å². The third-order valence-electron chi connectivity index (χ3n) is 5.85. The number of hydrogen-bond acceptors (Lipinski definition) is 4. The van der Waals surface area contributed by atoms with Crippen molar-refractivity contribution in [3.8, 4) is 0 Å². The fourth-order valence-corrected chi connectivity index (χ4v) is 3.34. The van der Waals surface area contributed by atoms with Gasteiger partial charge in [-0.05, 0) is 84.8 Å². The normalized spacial score (nSPS) is 32.3. The van der Waals surface area contributed by atoms with Gasteiger partial charge >= 0.3 is 5.97 Å². The predicted molar refractivity (Wildman–Crippen MR) is 119 cm³/mol. The van der Waals surface area contributed by atoms with Gasteiger partial charge in [-0.15, -0.1) is 0 Å². The largest absolute Gasteiger partial charge is 0.457 e. The first-order valence-corrected chi connectivity index (χ1v) is 10.7. The summed E-state index contributed by atoms with van der Waals surface area (Å²) >= 11 is 0. The van der Waals surface area contributed by atoms with Crippen molar-refractivity contribution in [2.24, 2.45) is 11.8 Å². The van der Waals surface area contributed by atoms with Crippen LogP contribution in [0.1, 0.15) is 73.6 Å². The topological polar surface area (TPSA) is 66.8 Å². The van der Waals surface area contributed by atoms with Crippen molar-refractivity contribution in [2.75, 3.05) is 0 Å². The zero-order valence-electron chi connectivity index (χ0n) is 19.1. The highest BCUT2D eigenvalue weighted by Gasteiger charge is 2.24. The second-order valence-electron chi connectivity index (χ2n) is 8.79. The molecule has 4 heteroatoms. The maximum absolute atomic E-state index is 12.4. The summed E-state index contributed by atoms with van der Waals surface area (Å²) in [6.45, 7) is 15.4. The fourth-order valence-electron chi connectivity index (χ4n) is 3.34. The lowest BCUT2D eigenvalue weighted by Crippen LogP contribution is -2.29. The van der Waals surface area contributed by atoms with Crippen molar-refractivity contribution in [1.29, 1.82) is 0 Å². The zero-order valence-corrected chi connectivity index (χ0v) is 19.1. The van der Waals surface area contributed by atoms with Crippen LogP contribution in [0.3, 0.4) is 0 Å². The molecule has 0 fully saturated rings. The Hall–Kier alpha value is -1.65. The van der Waals surface area contributed by atoms with Crippen LogP contribution >= 0.6 is 0 Å². The Labute approximate surface area is 177 Å². The molecule has 0 bridgehead atoms. The molecule has 0 unspecified atom stereocenters. The molecule has 1 aliphatic carbocycles. The van der Waals surface area contributed by atoms with Crippen molar-refractivity contribution in [1.82, 2.24) is 0 Å². The van der Waals surface area contributed by atoms with E-state index in [1.54, 1.807) is 13.8 Å². The van der Waals surface area contributed by atoms with Gasteiger partial charge in [-0.3, -0.25) is 4.79 Å². The number of aliphatic hydroxyl groups is 2. The minimum atomic E-state index is -0.764. The smallest absolute Gasteiger partial charge is 0.311 e. The average molecular weight is 405 g/mol. The average Bonchev–Trinajstić information content (AvgIpc) is 2.62. The lowest BCUT2D eigenvalue weighted by molar-refractivity contribution is -0.154. The van der Waals surface area contributed by atoms with E-state index in [1.165, 1.54) is 5.57 Å². The van der Waals surface area contributed by atoms with Crippen LogP contribution in [0.4, 0.5) is 0 Å². The molecular formula is C25H40O4. The van der Waals surface area contributed by atoms with Gasteiger partial charge in [0.15, 0.2) is 0 Å². The number of carbonyl (C=O) groups excluding carboxylic acids is 1. The molecule has 2 N–H and O–H groups in total. The molecule has 0 amide bonds. The Morgan fingerprint density at radius 1 is 1.21 bits per heavy atom. The van der Waals surface area contributed by atoms with Gasteiger partial charge < -0.3 is 14.9 Å². The SMILES string of the molecule is C=C(C)[C@H]1C/C=C(\C)CC/C=C(\C)C[C@@H](OC(=O)[C@H](C)[C@H](C)O)/C=C(\C)[C@@H](O)C1. The van der Waals surface area contributed by atoms with E-state index in [4.69, 9.17) is 4.74 Å². The van der Waals surface area contributed by atoms with E-state index < -0.39 is 30.2 Å². The Bertz CT molecular complexity index is 654. The second-order valence-corrected chi connectivity index (χ2v) is 8.79. The molecule has 0 saturated heterocycles. The van der Waals surface area contributed by atoms with Gasteiger partial charge in [0.2, 0.25) is 0 Å². The number of allylic oxidation sites excluding steroid dienone is 4. The fraction of sp³-hybridized carbons (Fsp3) is 0.640. The van der Waals surface area contributed by atoms with Crippen LogP contribution in [0.2, 0.25) is 0 Å².